The number of ketones is 1. The minimum absolute atomic E-state index is 0.0217. The molecule has 1 aliphatic rings. The van der Waals surface area contributed by atoms with E-state index in [-0.39, 0.29) is 17.7 Å². The highest BCUT2D eigenvalue weighted by molar-refractivity contribution is 6.06. The van der Waals surface area contributed by atoms with Crippen molar-refractivity contribution in [3.63, 3.8) is 0 Å². The van der Waals surface area contributed by atoms with Gasteiger partial charge in [-0.05, 0) is 36.6 Å². The summed E-state index contributed by atoms with van der Waals surface area (Å²) in [5.74, 6) is 0.623. The van der Waals surface area contributed by atoms with E-state index >= 15 is 0 Å². The van der Waals surface area contributed by atoms with Crippen molar-refractivity contribution < 1.29 is 19.1 Å². The predicted molar refractivity (Wildman–Crippen MR) is 105 cm³/mol. The largest absolute Gasteiger partial charge is 0.493 e. The lowest BCUT2D eigenvalue weighted by molar-refractivity contribution is -0.140. The number of carbonyl (C=O) groups excluding carboxylic acids is 2. The Bertz CT molecular complexity index is 818. The highest BCUT2D eigenvalue weighted by atomic mass is 16.6. The van der Waals surface area contributed by atoms with Gasteiger partial charge in [0.05, 0.1) is 13.0 Å². The SMILES string of the molecule is COc1cc(C=CC(=O)c2ccccc2)ccc1OC(=O)C1CCCCC1. The van der Waals surface area contributed by atoms with E-state index in [1.54, 1.807) is 36.4 Å². The van der Waals surface area contributed by atoms with E-state index in [1.165, 1.54) is 19.6 Å². The predicted octanol–water partition coefficient (Wildman–Crippen LogP) is 5.08. The van der Waals surface area contributed by atoms with E-state index < -0.39 is 0 Å². The molecule has 0 radical (unpaired) electrons. The zero-order valence-electron chi connectivity index (χ0n) is 15.5. The second-order valence-corrected chi connectivity index (χ2v) is 6.73. The summed E-state index contributed by atoms with van der Waals surface area (Å²) in [5, 5.41) is 0. The molecule has 0 bridgehead atoms. The first-order chi connectivity index (χ1) is 13.2. The fourth-order valence-corrected chi connectivity index (χ4v) is 3.27. The van der Waals surface area contributed by atoms with Crippen LogP contribution < -0.4 is 9.47 Å². The summed E-state index contributed by atoms with van der Waals surface area (Å²) < 4.78 is 10.9. The Kier molecular flexibility index (Phi) is 6.42. The number of hydrogen-bond acceptors (Lipinski definition) is 4. The van der Waals surface area contributed by atoms with Gasteiger partial charge in [-0.1, -0.05) is 61.7 Å². The van der Waals surface area contributed by atoms with Crippen LogP contribution in [0, 0.1) is 5.92 Å². The van der Waals surface area contributed by atoms with Crippen molar-refractivity contribution in [3.05, 3.63) is 65.7 Å². The average molecular weight is 364 g/mol. The van der Waals surface area contributed by atoms with Crippen molar-refractivity contribution in [2.45, 2.75) is 32.1 Å². The summed E-state index contributed by atoms with van der Waals surface area (Å²) in [6.07, 6.45) is 8.39. The first-order valence-electron chi connectivity index (χ1n) is 9.34. The van der Waals surface area contributed by atoms with Gasteiger partial charge in [-0.2, -0.15) is 0 Å². The van der Waals surface area contributed by atoms with E-state index in [2.05, 4.69) is 0 Å². The Labute approximate surface area is 159 Å². The first-order valence-corrected chi connectivity index (χ1v) is 9.34. The molecule has 1 aliphatic carbocycles. The molecule has 4 nitrogen and oxygen atoms in total. The third-order valence-corrected chi connectivity index (χ3v) is 4.82. The smallest absolute Gasteiger partial charge is 0.314 e. The van der Waals surface area contributed by atoms with E-state index in [1.807, 2.05) is 18.2 Å². The molecule has 2 aromatic carbocycles. The van der Waals surface area contributed by atoms with Crippen LogP contribution in [-0.4, -0.2) is 18.9 Å². The van der Waals surface area contributed by atoms with Gasteiger partial charge in [0, 0.05) is 5.56 Å². The Hall–Kier alpha value is -2.88. The van der Waals surface area contributed by atoms with Crippen LogP contribution in [0.15, 0.2) is 54.6 Å². The lowest BCUT2D eigenvalue weighted by Gasteiger charge is -2.20. The van der Waals surface area contributed by atoms with Crippen molar-refractivity contribution in [1.29, 1.82) is 0 Å². The van der Waals surface area contributed by atoms with Crippen LogP contribution in [0.25, 0.3) is 6.08 Å². The molecule has 3 rings (SSSR count). The van der Waals surface area contributed by atoms with Gasteiger partial charge >= 0.3 is 5.97 Å². The summed E-state index contributed by atoms with van der Waals surface area (Å²) in [6.45, 7) is 0. The number of allylic oxidation sites excluding steroid dienone is 1. The van der Waals surface area contributed by atoms with Crippen molar-refractivity contribution >= 4 is 17.8 Å². The molecule has 0 amide bonds. The highest BCUT2D eigenvalue weighted by Crippen LogP contribution is 2.31. The Balaban J connectivity index is 1.69. The van der Waals surface area contributed by atoms with Gasteiger partial charge in [0.25, 0.3) is 0 Å². The summed E-state index contributed by atoms with van der Waals surface area (Å²) in [4.78, 5) is 24.5. The number of benzene rings is 2. The minimum atomic E-state index is -0.185. The maximum Gasteiger partial charge on any atom is 0.314 e. The molecule has 0 heterocycles. The maximum absolute atomic E-state index is 12.4. The van der Waals surface area contributed by atoms with Crippen molar-refractivity contribution in [2.24, 2.45) is 5.92 Å². The Morgan fingerprint density at radius 2 is 1.70 bits per heavy atom. The number of rotatable bonds is 6. The molecular formula is C23H24O4. The van der Waals surface area contributed by atoms with E-state index in [9.17, 15) is 9.59 Å². The van der Waals surface area contributed by atoms with Gasteiger partial charge in [0.15, 0.2) is 17.3 Å². The van der Waals surface area contributed by atoms with Crippen molar-refractivity contribution in [1.82, 2.24) is 0 Å². The van der Waals surface area contributed by atoms with Crippen LogP contribution in [0.4, 0.5) is 0 Å². The summed E-state index contributed by atoms with van der Waals surface area (Å²) >= 11 is 0. The number of methoxy groups -OCH3 is 1. The van der Waals surface area contributed by atoms with Crippen LogP contribution in [0.5, 0.6) is 11.5 Å². The van der Waals surface area contributed by atoms with Crippen LogP contribution in [0.1, 0.15) is 48.0 Å². The topological polar surface area (TPSA) is 52.6 Å². The van der Waals surface area contributed by atoms with Gasteiger partial charge in [0.1, 0.15) is 0 Å². The molecular weight excluding hydrogens is 340 g/mol. The highest BCUT2D eigenvalue weighted by Gasteiger charge is 2.24. The summed E-state index contributed by atoms with van der Waals surface area (Å²) in [6, 6.07) is 14.4. The standard InChI is InChI=1S/C23H24O4/c1-26-22-16-17(12-14-20(24)18-8-4-2-5-9-18)13-15-21(22)27-23(25)19-10-6-3-7-11-19/h2,4-5,8-9,12-16,19H,3,6-7,10-11H2,1H3. The third-order valence-electron chi connectivity index (χ3n) is 4.82. The second-order valence-electron chi connectivity index (χ2n) is 6.73. The van der Waals surface area contributed by atoms with Crippen LogP contribution in [0.2, 0.25) is 0 Å². The summed E-state index contributed by atoms with van der Waals surface area (Å²) in [5.41, 5.74) is 1.44. The van der Waals surface area contributed by atoms with Gasteiger partial charge in [-0.25, -0.2) is 0 Å². The first kappa shape index (κ1) is 18.9. The van der Waals surface area contributed by atoms with Gasteiger partial charge in [-0.3, -0.25) is 9.59 Å². The normalized spacial score (nSPS) is 14.9. The number of esters is 1. The molecule has 1 fully saturated rings. The van der Waals surface area contributed by atoms with Crippen LogP contribution in [-0.2, 0) is 4.79 Å². The number of carbonyl (C=O) groups is 2. The van der Waals surface area contributed by atoms with E-state index in [4.69, 9.17) is 9.47 Å². The van der Waals surface area contributed by atoms with Gasteiger partial charge in [-0.15, -0.1) is 0 Å². The van der Waals surface area contributed by atoms with Crippen molar-refractivity contribution in [2.75, 3.05) is 7.11 Å². The Morgan fingerprint density at radius 1 is 0.963 bits per heavy atom. The van der Waals surface area contributed by atoms with Gasteiger partial charge < -0.3 is 9.47 Å². The molecule has 0 atom stereocenters. The molecule has 1 saturated carbocycles. The minimum Gasteiger partial charge on any atom is -0.493 e. The second kappa shape index (κ2) is 9.17. The molecule has 4 heteroatoms. The number of ether oxygens (including phenoxy) is 2. The van der Waals surface area contributed by atoms with Crippen LogP contribution in [0.3, 0.4) is 0 Å². The maximum atomic E-state index is 12.4. The molecule has 0 N–H and O–H groups in total. The molecule has 0 aromatic heterocycles. The van der Waals surface area contributed by atoms with Crippen LogP contribution >= 0.6 is 0 Å². The van der Waals surface area contributed by atoms with E-state index in [0.29, 0.717) is 17.1 Å². The lowest BCUT2D eigenvalue weighted by atomic mass is 9.89. The Morgan fingerprint density at radius 3 is 2.41 bits per heavy atom. The average Bonchev–Trinajstić information content (AvgIpc) is 2.74. The van der Waals surface area contributed by atoms with E-state index in [0.717, 1.165) is 31.2 Å². The molecule has 140 valence electrons. The zero-order valence-corrected chi connectivity index (χ0v) is 15.5. The third kappa shape index (κ3) is 5.07. The fraction of sp³-hybridized carbons (Fsp3) is 0.304. The fourth-order valence-electron chi connectivity index (χ4n) is 3.27. The molecule has 0 aliphatic heterocycles. The zero-order chi connectivity index (χ0) is 19.1. The molecule has 0 unspecified atom stereocenters. The molecule has 0 saturated heterocycles. The molecule has 0 spiro atoms. The quantitative estimate of drug-likeness (QED) is 0.310. The lowest BCUT2D eigenvalue weighted by Crippen LogP contribution is -2.22. The molecule has 2 aromatic rings. The van der Waals surface area contributed by atoms with Crippen molar-refractivity contribution in [3.8, 4) is 11.5 Å². The summed E-state index contributed by atoms with van der Waals surface area (Å²) in [7, 11) is 1.54. The van der Waals surface area contributed by atoms with Gasteiger partial charge in [0.2, 0.25) is 0 Å². The molecule has 27 heavy (non-hydrogen) atoms. The monoisotopic (exact) mass is 364 g/mol. The number of hydrogen-bond donors (Lipinski definition) is 0.